The average Bonchev–Trinajstić information content (AvgIpc) is 2.99. The van der Waals surface area contributed by atoms with Crippen molar-refractivity contribution < 1.29 is 9.59 Å². The normalized spacial score (nSPS) is 21.2. The van der Waals surface area contributed by atoms with Crippen molar-refractivity contribution in [3.8, 4) is 0 Å². The summed E-state index contributed by atoms with van der Waals surface area (Å²) in [5.41, 5.74) is 2.77. The lowest BCUT2D eigenvalue weighted by Crippen LogP contribution is -2.53. The number of amides is 2. The Labute approximate surface area is 158 Å². The van der Waals surface area contributed by atoms with E-state index in [-0.39, 0.29) is 24.3 Å². The van der Waals surface area contributed by atoms with Gasteiger partial charge in [-0.05, 0) is 37.1 Å². The quantitative estimate of drug-likeness (QED) is 0.769. The molecule has 7 nitrogen and oxygen atoms in total. The van der Waals surface area contributed by atoms with Gasteiger partial charge in [0.2, 0.25) is 11.9 Å². The van der Waals surface area contributed by atoms with Gasteiger partial charge in [0.25, 0.3) is 5.91 Å². The first-order valence-corrected chi connectivity index (χ1v) is 9.25. The van der Waals surface area contributed by atoms with Crippen LogP contribution in [0.5, 0.6) is 0 Å². The van der Waals surface area contributed by atoms with E-state index >= 15 is 0 Å². The Morgan fingerprint density at radius 3 is 2.37 bits per heavy atom. The smallest absolute Gasteiger partial charge is 0.251 e. The second kappa shape index (κ2) is 7.08. The third kappa shape index (κ3) is 3.19. The Bertz CT molecular complexity index is 862. The Morgan fingerprint density at radius 2 is 1.67 bits per heavy atom. The molecule has 1 aromatic heterocycles. The summed E-state index contributed by atoms with van der Waals surface area (Å²) in [6, 6.07) is 7.16. The second-order valence-corrected chi connectivity index (χ2v) is 7.08. The maximum Gasteiger partial charge on any atom is 0.251 e. The van der Waals surface area contributed by atoms with Gasteiger partial charge in [0, 0.05) is 38.6 Å². The lowest BCUT2D eigenvalue weighted by Gasteiger charge is -2.36. The highest BCUT2D eigenvalue weighted by Gasteiger charge is 2.43. The van der Waals surface area contributed by atoms with Crippen LogP contribution < -0.4 is 9.80 Å². The molecule has 3 heterocycles. The summed E-state index contributed by atoms with van der Waals surface area (Å²) in [7, 11) is 0. The molecule has 2 saturated heterocycles. The summed E-state index contributed by atoms with van der Waals surface area (Å²) in [5, 5.41) is 0. The minimum Gasteiger partial charge on any atom is -0.338 e. The summed E-state index contributed by atoms with van der Waals surface area (Å²) in [4.78, 5) is 39.9. The minimum absolute atomic E-state index is 0.113. The number of nitrogens with zero attached hydrogens (tertiary/aromatic N) is 5. The van der Waals surface area contributed by atoms with Crippen LogP contribution in [0.15, 0.2) is 36.7 Å². The van der Waals surface area contributed by atoms with Gasteiger partial charge in [0.1, 0.15) is 0 Å². The number of rotatable bonds is 3. The van der Waals surface area contributed by atoms with E-state index in [0.29, 0.717) is 24.7 Å². The van der Waals surface area contributed by atoms with Crippen LogP contribution >= 0.6 is 0 Å². The van der Waals surface area contributed by atoms with Crippen LogP contribution in [-0.2, 0) is 9.59 Å². The molecule has 2 aliphatic heterocycles. The van der Waals surface area contributed by atoms with Crippen molar-refractivity contribution in [2.24, 2.45) is 0 Å². The monoisotopic (exact) mass is 365 g/mol. The topological polar surface area (TPSA) is 69.6 Å². The molecule has 1 atom stereocenters. The van der Waals surface area contributed by atoms with Crippen LogP contribution in [0.3, 0.4) is 0 Å². The minimum atomic E-state index is -0.378. The van der Waals surface area contributed by atoms with Gasteiger partial charge in [0.15, 0.2) is 0 Å². The van der Waals surface area contributed by atoms with E-state index in [2.05, 4.69) is 19.8 Å². The zero-order valence-electron chi connectivity index (χ0n) is 15.6. The first kappa shape index (κ1) is 17.6. The molecule has 0 spiro atoms. The van der Waals surface area contributed by atoms with E-state index in [9.17, 15) is 9.59 Å². The van der Waals surface area contributed by atoms with Gasteiger partial charge in [-0.2, -0.15) is 0 Å². The van der Waals surface area contributed by atoms with Crippen LogP contribution in [0, 0.1) is 13.8 Å². The number of piperazine rings is 1. The largest absolute Gasteiger partial charge is 0.338 e. The molecule has 4 rings (SSSR count). The molecule has 1 aromatic carbocycles. The fourth-order valence-electron chi connectivity index (χ4n) is 3.82. The zero-order chi connectivity index (χ0) is 19.0. The van der Waals surface area contributed by atoms with Crippen molar-refractivity contribution in [2.75, 3.05) is 36.0 Å². The third-order valence-electron chi connectivity index (χ3n) is 5.53. The molecule has 2 amide bonds. The predicted octanol–water partition coefficient (Wildman–Crippen LogP) is 1.55. The number of hydrogen-bond donors (Lipinski definition) is 0. The Morgan fingerprint density at radius 1 is 0.963 bits per heavy atom. The van der Waals surface area contributed by atoms with Crippen LogP contribution in [0.4, 0.5) is 11.6 Å². The molecule has 2 aromatic rings. The van der Waals surface area contributed by atoms with Crippen LogP contribution in [-0.4, -0.2) is 58.9 Å². The summed E-state index contributed by atoms with van der Waals surface area (Å²) >= 11 is 0. The molecule has 27 heavy (non-hydrogen) atoms. The highest BCUT2D eigenvalue weighted by Crippen LogP contribution is 2.30. The summed E-state index contributed by atoms with van der Waals surface area (Å²) < 4.78 is 0. The fraction of sp³-hybridized carbons (Fsp3) is 0.400. The Hall–Kier alpha value is -2.80. The van der Waals surface area contributed by atoms with E-state index < -0.39 is 0 Å². The van der Waals surface area contributed by atoms with E-state index in [0.717, 1.165) is 24.2 Å². The lowest BCUT2D eigenvalue weighted by molar-refractivity contribution is -0.123. The van der Waals surface area contributed by atoms with Gasteiger partial charge in [-0.1, -0.05) is 12.1 Å². The number of imide groups is 1. The lowest BCUT2D eigenvalue weighted by atomic mass is 10.1. The molecule has 7 heteroatoms. The number of anilines is 2. The molecule has 0 radical (unpaired) electrons. The van der Waals surface area contributed by atoms with Crippen molar-refractivity contribution in [3.05, 3.63) is 47.8 Å². The molecule has 0 saturated carbocycles. The number of hydrogen-bond acceptors (Lipinski definition) is 6. The van der Waals surface area contributed by atoms with Gasteiger partial charge >= 0.3 is 0 Å². The average molecular weight is 365 g/mol. The van der Waals surface area contributed by atoms with Crippen molar-refractivity contribution in [2.45, 2.75) is 26.3 Å². The standard InChI is InChI=1S/C20H23N5O2/c1-14-5-3-6-16(15(14)2)25-18(26)13-17(19(25)27)23-9-11-24(12-10-23)20-21-7-4-8-22-20/h3-8,17H,9-13H2,1-2H3/t17-/m1/s1. The van der Waals surface area contributed by atoms with Gasteiger partial charge in [-0.15, -0.1) is 0 Å². The number of carbonyl (C=O) groups excluding carboxylic acids is 2. The van der Waals surface area contributed by atoms with Crippen molar-refractivity contribution in [1.29, 1.82) is 0 Å². The van der Waals surface area contributed by atoms with E-state index in [1.807, 2.05) is 32.0 Å². The molecule has 2 aliphatic rings. The van der Waals surface area contributed by atoms with E-state index in [4.69, 9.17) is 0 Å². The Balaban J connectivity index is 1.48. The zero-order valence-corrected chi connectivity index (χ0v) is 15.6. The van der Waals surface area contributed by atoms with Gasteiger partial charge in [-0.25, -0.2) is 14.9 Å². The van der Waals surface area contributed by atoms with Crippen molar-refractivity contribution >= 4 is 23.5 Å². The van der Waals surface area contributed by atoms with Crippen molar-refractivity contribution in [1.82, 2.24) is 14.9 Å². The van der Waals surface area contributed by atoms with Gasteiger partial charge in [0.05, 0.1) is 18.2 Å². The molecule has 0 bridgehead atoms. The SMILES string of the molecule is Cc1cccc(N2C(=O)C[C@@H](N3CCN(c4ncccn4)CC3)C2=O)c1C. The summed E-state index contributed by atoms with van der Waals surface area (Å²) in [5.74, 6) is 0.480. The molecular weight excluding hydrogens is 342 g/mol. The van der Waals surface area contributed by atoms with E-state index in [1.54, 1.807) is 18.5 Å². The number of aromatic nitrogens is 2. The molecule has 0 aliphatic carbocycles. The summed E-state index contributed by atoms with van der Waals surface area (Å²) in [6.45, 7) is 6.85. The maximum absolute atomic E-state index is 13.1. The molecule has 2 fully saturated rings. The number of aryl methyl sites for hydroxylation is 1. The van der Waals surface area contributed by atoms with Crippen LogP contribution in [0.25, 0.3) is 0 Å². The first-order valence-electron chi connectivity index (χ1n) is 9.25. The molecule has 140 valence electrons. The first-order chi connectivity index (χ1) is 13.1. The van der Waals surface area contributed by atoms with Crippen LogP contribution in [0.2, 0.25) is 0 Å². The molecular formula is C20H23N5O2. The Kier molecular flexibility index (Phi) is 4.61. The van der Waals surface area contributed by atoms with Gasteiger partial charge < -0.3 is 4.90 Å². The summed E-state index contributed by atoms with van der Waals surface area (Å²) in [6.07, 6.45) is 3.71. The van der Waals surface area contributed by atoms with Crippen molar-refractivity contribution in [3.63, 3.8) is 0 Å². The molecule has 0 unspecified atom stereocenters. The predicted molar refractivity (Wildman–Crippen MR) is 103 cm³/mol. The van der Waals surface area contributed by atoms with Gasteiger partial charge in [-0.3, -0.25) is 14.5 Å². The maximum atomic E-state index is 13.1. The van der Waals surface area contributed by atoms with E-state index in [1.165, 1.54) is 4.90 Å². The highest BCUT2D eigenvalue weighted by atomic mass is 16.2. The van der Waals surface area contributed by atoms with Crippen LogP contribution in [0.1, 0.15) is 17.5 Å². The number of carbonyl (C=O) groups is 2. The number of benzene rings is 1. The fourth-order valence-corrected chi connectivity index (χ4v) is 3.82. The highest BCUT2D eigenvalue weighted by molar-refractivity contribution is 6.22. The molecule has 0 N–H and O–H groups in total. The second-order valence-electron chi connectivity index (χ2n) is 7.08. The third-order valence-corrected chi connectivity index (χ3v) is 5.53.